The summed E-state index contributed by atoms with van der Waals surface area (Å²) in [5, 5.41) is 107. The standard InChI is InChI=1S/C20H35NO15/c1-6-12(26)14(28)15(29)17(33-6)19(31)16(36-11-3-8(25)13(27)9(4-22)34-11)10(5-23)35-18(30)20(19,32)21-7(2)24/h6,8-18,22-23,25-32H,3-5H2,1-2H3,(H,21,24)/t6-,8-,9-,10-,11+,12+,13-,14+,15-,16-,17?,18?,19-,20+/m1/s1. The second-order valence-electron chi connectivity index (χ2n) is 9.35. The number of carbonyl (C=O) groups excluding carboxylic acids is 1. The summed E-state index contributed by atoms with van der Waals surface area (Å²) in [5.41, 5.74) is -6.33. The van der Waals surface area contributed by atoms with Crippen molar-refractivity contribution in [2.75, 3.05) is 13.2 Å². The van der Waals surface area contributed by atoms with Gasteiger partial charge in [-0.25, -0.2) is 0 Å². The van der Waals surface area contributed by atoms with Crippen LogP contribution in [0.25, 0.3) is 0 Å². The zero-order chi connectivity index (χ0) is 27.2. The Kier molecular flexibility index (Phi) is 8.96. The van der Waals surface area contributed by atoms with Crippen molar-refractivity contribution in [2.24, 2.45) is 0 Å². The maximum absolute atomic E-state index is 12.0. The Morgan fingerprint density at radius 3 is 2.08 bits per heavy atom. The first-order valence-electron chi connectivity index (χ1n) is 11.4. The van der Waals surface area contributed by atoms with E-state index in [2.05, 4.69) is 0 Å². The van der Waals surface area contributed by atoms with E-state index in [9.17, 15) is 55.9 Å². The van der Waals surface area contributed by atoms with E-state index in [0.717, 1.165) is 6.92 Å². The van der Waals surface area contributed by atoms with Crippen molar-refractivity contribution in [1.82, 2.24) is 5.32 Å². The number of aliphatic hydroxyl groups is 10. The topological polar surface area (TPSA) is 268 Å². The predicted octanol–water partition coefficient (Wildman–Crippen LogP) is -6.66. The van der Waals surface area contributed by atoms with E-state index < -0.39 is 110 Å². The summed E-state index contributed by atoms with van der Waals surface area (Å²) in [4.78, 5) is 12.0. The third-order valence-corrected chi connectivity index (χ3v) is 6.89. The summed E-state index contributed by atoms with van der Waals surface area (Å²) < 4.78 is 21.8. The highest BCUT2D eigenvalue weighted by Gasteiger charge is 2.73. The minimum Gasteiger partial charge on any atom is -0.394 e. The molecule has 0 bridgehead atoms. The Labute approximate surface area is 205 Å². The lowest BCUT2D eigenvalue weighted by atomic mass is 9.71. The average molecular weight is 529 g/mol. The molecule has 210 valence electrons. The van der Waals surface area contributed by atoms with Crippen LogP contribution in [0.4, 0.5) is 0 Å². The molecule has 0 aromatic heterocycles. The van der Waals surface area contributed by atoms with Crippen LogP contribution in [0.3, 0.4) is 0 Å². The zero-order valence-electron chi connectivity index (χ0n) is 19.6. The van der Waals surface area contributed by atoms with Crippen molar-refractivity contribution >= 4 is 5.91 Å². The van der Waals surface area contributed by atoms with Gasteiger partial charge in [-0.2, -0.15) is 0 Å². The molecule has 0 saturated carbocycles. The summed E-state index contributed by atoms with van der Waals surface area (Å²) in [5.74, 6) is -0.994. The fraction of sp³-hybridized carbons (Fsp3) is 0.950. The summed E-state index contributed by atoms with van der Waals surface area (Å²) >= 11 is 0. The second-order valence-corrected chi connectivity index (χ2v) is 9.35. The van der Waals surface area contributed by atoms with E-state index in [0.29, 0.717) is 0 Å². The molecule has 0 spiro atoms. The molecule has 3 aliphatic rings. The van der Waals surface area contributed by atoms with Gasteiger partial charge >= 0.3 is 0 Å². The van der Waals surface area contributed by atoms with Crippen molar-refractivity contribution < 1.29 is 74.8 Å². The van der Waals surface area contributed by atoms with Crippen LogP contribution >= 0.6 is 0 Å². The zero-order valence-corrected chi connectivity index (χ0v) is 19.6. The number of hydrogen-bond donors (Lipinski definition) is 11. The average Bonchev–Trinajstić information content (AvgIpc) is 2.82. The highest BCUT2D eigenvalue weighted by atomic mass is 16.7. The molecule has 3 rings (SSSR count). The van der Waals surface area contributed by atoms with Crippen molar-refractivity contribution in [3.8, 4) is 0 Å². The molecule has 3 saturated heterocycles. The summed E-state index contributed by atoms with van der Waals surface area (Å²) in [6.45, 7) is 0.488. The minimum atomic E-state index is -3.20. The fourth-order valence-electron chi connectivity index (χ4n) is 4.91. The van der Waals surface area contributed by atoms with Crippen LogP contribution in [-0.2, 0) is 23.7 Å². The highest BCUT2D eigenvalue weighted by Crippen LogP contribution is 2.45. The first-order chi connectivity index (χ1) is 16.7. The van der Waals surface area contributed by atoms with Crippen molar-refractivity contribution in [2.45, 2.75) is 105 Å². The van der Waals surface area contributed by atoms with Gasteiger partial charge in [0.05, 0.1) is 25.4 Å². The number of carbonyl (C=O) groups is 1. The van der Waals surface area contributed by atoms with E-state index in [-0.39, 0.29) is 0 Å². The van der Waals surface area contributed by atoms with E-state index >= 15 is 0 Å². The van der Waals surface area contributed by atoms with Crippen molar-refractivity contribution in [1.29, 1.82) is 0 Å². The van der Waals surface area contributed by atoms with E-state index in [1.54, 1.807) is 0 Å². The van der Waals surface area contributed by atoms with Gasteiger partial charge in [0, 0.05) is 13.3 Å². The monoisotopic (exact) mass is 529 g/mol. The summed E-state index contributed by atoms with van der Waals surface area (Å²) in [7, 11) is 0. The first-order valence-corrected chi connectivity index (χ1v) is 11.4. The smallest absolute Gasteiger partial charge is 0.224 e. The van der Waals surface area contributed by atoms with Gasteiger partial charge in [-0.3, -0.25) is 4.79 Å². The molecule has 0 aromatic rings. The number of amides is 1. The molecule has 1 amide bonds. The van der Waals surface area contributed by atoms with Gasteiger partial charge in [-0.15, -0.1) is 0 Å². The predicted molar refractivity (Wildman–Crippen MR) is 111 cm³/mol. The molecule has 36 heavy (non-hydrogen) atoms. The lowest BCUT2D eigenvalue weighted by molar-refractivity contribution is -0.424. The normalized spacial score (nSPS) is 52.1. The van der Waals surface area contributed by atoms with Gasteiger partial charge in [0.15, 0.2) is 11.9 Å². The molecule has 0 aromatic carbocycles. The quantitative estimate of drug-likeness (QED) is 0.143. The van der Waals surface area contributed by atoms with Gasteiger partial charge in [0.2, 0.25) is 17.9 Å². The molecule has 3 fully saturated rings. The van der Waals surface area contributed by atoms with Crippen LogP contribution in [0.15, 0.2) is 0 Å². The summed E-state index contributed by atoms with van der Waals surface area (Å²) in [6.07, 6.45) is -21.5. The molecule has 16 heteroatoms. The molecule has 2 unspecified atom stereocenters. The Bertz CT molecular complexity index is 775. The molecule has 16 nitrogen and oxygen atoms in total. The SMILES string of the molecule is CC(=O)N[C@]1(O)C(O)O[C@H](CO)[C@@H](O[C@H]2C[C@@H](O)[C@@H](O)[C@@H](CO)O2)[C@@]1(O)C1O[C@H](C)[C@H](O)[C@H](O)[C@H]1O. The van der Waals surface area contributed by atoms with Gasteiger partial charge < -0.3 is 75.3 Å². The van der Waals surface area contributed by atoms with Gasteiger partial charge in [0.25, 0.3) is 0 Å². The molecular weight excluding hydrogens is 494 g/mol. The number of ether oxygens (including phenoxy) is 4. The van der Waals surface area contributed by atoms with Crippen LogP contribution in [-0.4, -0.2) is 155 Å². The fourth-order valence-corrected chi connectivity index (χ4v) is 4.91. The maximum Gasteiger partial charge on any atom is 0.224 e. The van der Waals surface area contributed by atoms with Crippen molar-refractivity contribution in [3.63, 3.8) is 0 Å². The lowest BCUT2D eigenvalue weighted by Gasteiger charge is -2.59. The largest absolute Gasteiger partial charge is 0.394 e. The Balaban J connectivity index is 2.10. The Morgan fingerprint density at radius 1 is 0.917 bits per heavy atom. The lowest BCUT2D eigenvalue weighted by Crippen LogP contribution is -2.86. The van der Waals surface area contributed by atoms with E-state index in [4.69, 9.17) is 18.9 Å². The van der Waals surface area contributed by atoms with Gasteiger partial charge in [-0.1, -0.05) is 0 Å². The third kappa shape index (κ3) is 4.87. The molecule has 3 aliphatic heterocycles. The van der Waals surface area contributed by atoms with Gasteiger partial charge in [0.1, 0.15) is 48.8 Å². The van der Waals surface area contributed by atoms with Crippen LogP contribution in [0.1, 0.15) is 20.3 Å². The number of aliphatic hydroxyl groups excluding tert-OH is 8. The maximum atomic E-state index is 12.0. The van der Waals surface area contributed by atoms with Crippen LogP contribution < -0.4 is 5.32 Å². The molecule has 0 aliphatic carbocycles. The molecule has 14 atom stereocenters. The highest BCUT2D eigenvalue weighted by molar-refractivity contribution is 5.74. The number of hydrogen-bond acceptors (Lipinski definition) is 15. The van der Waals surface area contributed by atoms with E-state index in [1.165, 1.54) is 6.92 Å². The summed E-state index contributed by atoms with van der Waals surface area (Å²) in [6, 6.07) is 0. The molecular formula is C20H35NO15. The van der Waals surface area contributed by atoms with E-state index in [1.807, 2.05) is 5.32 Å². The van der Waals surface area contributed by atoms with Crippen molar-refractivity contribution in [3.05, 3.63) is 0 Å². The first kappa shape index (κ1) is 29.5. The molecule has 11 N–H and O–H groups in total. The number of rotatable bonds is 6. The minimum absolute atomic E-state index is 0.435. The van der Waals surface area contributed by atoms with Crippen LogP contribution in [0.5, 0.6) is 0 Å². The Morgan fingerprint density at radius 2 is 1.53 bits per heavy atom. The molecule has 3 heterocycles. The second kappa shape index (κ2) is 11.0. The third-order valence-electron chi connectivity index (χ3n) is 6.89. The Hall–Kier alpha value is -1.09. The molecule has 0 radical (unpaired) electrons. The van der Waals surface area contributed by atoms with Crippen LogP contribution in [0, 0.1) is 0 Å². The van der Waals surface area contributed by atoms with Crippen LogP contribution in [0.2, 0.25) is 0 Å². The number of nitrogens with one attached hydrogen (secondary N) is 1. The van der Waals surface area contributed by atoms with Gasteiger partial charge in [-0.05, 0) is 6.92 Å².